The van der Waals surface area contributed by atoms with E-state index in [1.54, 1.807) is 12.1 Å². The number of hydrogen-bond acceptors (Lipinski definition) is 2. The van der Waals surface area contributed by atoms with E-state index in [1.807, 2.05) is 36.4 Å². The Morgan fingerprint density at radius 1 is 1.05 bits per heavy atom. The maximum atomic E-state index is 9.46. The van der Waals surface area contributed by atoms with E-state index in [0.717, 1.165) is 11.1 Å². The average Bonchev–Trinajstić information content (AvgIpc) is 2.44. The van der Waals surface area contributed by atoms with Crippen LogP contribution in [0.25, 0.3) is 0 Å². The summed E-state index contributed by atoms with van der Waals surface area (Å²) in [6, 6.07) is 15.1. The molecule has 0 bridgehead atoms. The molecule has 1 unspecified atom stereocenters. The largest absolute Gasteiger partial charge is 0.394 e. The highest BCUT2D eigenvalue weighted by atomic mass is 35.5. The summed E-state index contributed by atoms with van der Waals surface area (Å²) < 4.78 is 0. The molecule has 2 N–H and O–H groups in total. The van der Waals surface area contributed by atoms with Crippen LogP contribution in [0.15, 0.2) is 48.5 Å². The van der Waals surface area contributed by atoms with Gasteiger partial charge in [-0.15, -0.1) is 0 Å². The van der Waals surface area contributed by atoms with Crippen LogP contribution in [0.3, 0.4) is 0 Å². The third-order valence-electron chi connectivity index (χ3n) is 2.93. The summed E-state index contributed by atoms with van der Waals surface area (Å²) in [5, 5.41) is 14.1. The first kappa shape index (κ1) is 14.4. The predicted molar refractivity (Wildman–Crippen MR) is 79.6 cm³/mol. The number of nitrogens with one attached hydrogen (secondary N) is 1. The molecule has 2 aromatic rings. The lowest BCUT2D eigenvalue weighted by molar-refractivity contribution is 0.243. The van der Waals surface area contributed by atoms with Crippen molar-refractivity contribution >= 4 is 23.2 Å². The van der Waals surface area contributed by atoms with Crippen LogP contribution in [0.4, 0.5) is 0 Å². The van der Waals surface area contributed by atoms with Gasteiger partial charge < -0.3 is 10.4 Å². The van der Waals surface area contributed by atoms with Gasteiger partial charge in [0.2, 0.25) is 0 Å². The molecule has 0 fully saturated rings. The zero-order valence-corrected chi connectivity index (χ0v) is 11.8. The Labute approximate surface area is 123 Å². The van der Waals surface area contributed by atoms with Crippen molar-refractivity contribution in [1.82, 2.24) is 5.32 Å². The van der Waals surface area contributed by atoms with Crippen molar-refractivity contribution in [3.63, 3.8) is 0 Å². The smallest absolute Gasteiger partial charge is 0.0626 e. The van der Waals surface area contributed by atoms with Crippen molar-refractivity contribution in [1.29, 1.82) is 0 Å². The van der Waals surface area contributed by atoms with Gasteiger partial charge in [-0.2, -0.15) is 0 Å². The minimum atomic E-state index is -0.115. The van der Waals surface area contributed by atoms with Gasteiger partial charge in [-0.1, -0.05) is 53.5 Å². The fraction of sp³-hybridized carbons (Fsp3) is 0.200. The van der Waals surface area contributed by atoms with Gasteiger partial charge in [0.05, 0.1) is 12.6 Å². The third-order valence-corrected chi connectivity index (χ3v) is 3.54. The highest BCUT2D eigenvalue weighted by molar-refractivity contribution is 6.33. The summed E-state index contributed by atoms with van der Waals surface area (Å²) in [4.78, 5) is 0. The van der Waals surface area contributed by atoms with E-state index in [1.165, 1.54) is 0 Å². The van der Waals surface area contributed by atoms with Crippen molar-refractivity contribution in [2.24, 2.45) is 0 Å². The van der Waals surface area contributed by atoms with E-state index in [0.29, 0.717) is 16.6 Å². The van der Waals surface area contributed by atoms with Gasteiger partial charge in [0.25, 0.3) is 0 Å². The SMILES string of the molecule is OCC(NCc1cc(Cl)ccc1Cl)c1ccccc1. The quantitative estimate of drug-likeness (QED) is 0.879. The van der Waals surface area contributed by atoms with Gasteiger partial charge in [0.1, 0.15) is 0 Å². The number of aliphatic hydroxyl groups is 1. The summed E-state index contributed by atoms with van der Waals surface area (Å²) in [7, 11) is 0. The molecule has 2 aromatic carbocycles. The monoisotopic (exact) mass is 295 g/mol. The second kappa shape index (κ2) is 6.92. The first-order valence-corrected chi connectivity index (χ1v) is 6.79. The van der Waals surface area contributed by atoms with Gasteiger partial charge in [0.15, 0.2) is 0 Å². The van der Waals surface area contributed by atoms with E-state index in [-0.39, 0.29) is 12.6 Å². The van der Waals surface area contributed by atoms with Crippen molar-refractivity contribution in [2.75, 3.05) is 6.61 Å². The summed E-state index contributed by atoms with van der Waals surface area (Å²) in [6.45, 7) is 0.585. The van der Waals surface area contributed by atoms with Crippen LogP contribution in [-0.2, 0) is 6.54 Å². The van der Waals surface area contributed by atoms with E-state index in [2.05, 4.69) is 5.32 Å². The van der Waals surface area contributed by atoms with Crippen molar-refractivity contribution in [2.45, 2.75) is 12.6 Å². The molecule has 0 amide bonds. The lowest BCUT2D eigenvalue weighted by Gasteiger charge is -2.17. The highest BCUT2D eigenvalue weighted by Crippen LogP contribution is 2.21. The molecule has 0 aliphatic heterocycles. The van der Waals surface area contributed by atoms with E-state index in [9.17, 15) is 5.11 Å². The zero-order chi connectivity index (χ0) is 13.7. The van der Waals surface area contributed by atoms with Crippen molar-refractivity contribution in [3.05, 3.63) is 69.7 Å². The highest BCUT2D eigenvalue weighted by Gasteiger charge is 2.10. The van der Waals surface area contributed by atoms with Crippen LogP contribution in [0.2, 0.25) is 10.0 Å². The molecule has 2 rings (SSSR count). The predicted octanol–water partition coefficient (Wildman–Crippen LogP) is 3.82. The third kappa shape index (κ3) is 3.95. The summed E-state index contributed by atoms with van der Waals surface area (Å²) in [5.74, 6) is 0. The Bertz CT molecular complexity index is 531. The van der Waals surface area contributed by atoms with Gasteiger partial charge in [-0.3, -0.25) is 0 Å². The Hall–Kier alpha value is -1.06. The maximum absolute atomic E-state index is 9.46. The molecule has 4 heteroatoms. The molecule has 0 saturated carbocycles. The van der Waals surface area contributed by atoms with Gasteiger partial charge in [0, 0.05) is 16.6 Å². The van der Waals surface area contributed by atoms with E-state index >= 15 is 0 Å². The molecule has 0 aromatic heterocycles. The molecule has 2 nitrogen and oxygen atoms in total. The van der Waals surface area contributed by atoms with Gasteiger partial charge in [-0.05, 0) is 29.3 Å². The molecule has 0 spiro atoms. The van der Waals surface area contributed by atoms with Crippen LogP contribution in [0.1, 0.15) is 17.2 Å². The standard InChI is InChI=1S/C15H15Cl2NO/c16-13-6-7-14(17)12(8-13)9-18-15(10-19)11-4-2-1-3-5-11/h1-8,15,18-19H,9-10H2. The molecular formula is C15H15Cl2NO. The molecule has 0 saturated heterocycles. The number of halogens is 2. The average molecular weight is 296 g/mol. The normalized spacial score (nSPS) is 12.4. The molecule has 0 aliphatic carbocycles. The molecule has 100 valence electrons. The van der Waals surface area contributed by atoms with Crippen LogP contribution < -0.4 is 5.32 Å². The topological polar surface area (TPSA) is 32.3 Å². The van der Waals surface area contributed by atoms with Gasteiger partial charge in [-0.25, -0.2) is 0 Å². The Morgan fingerprint density at radius 2 is 1.79 bits per heavy atom. The van der Waals surface area contributed by atoms with Crippen LogP contribution >= 0.6 is 23.2 Å². The minimum Gasteiger partial charge on any atom is -0.394 e. The second-order valence-corrected chi connectivity index (χ2v) is 5.11. The fourth-order valence-corrected chi connectivity index (χ4v) is 2.26. The van der Waals surface area contributed by atoms with Crippen LogP contribution in [-0.4, -0.2) is 11.7 Å². The molecule has 0 radical (unpaired) electrons. The van der Waals surface area contributed by atoms with Crippen molar-refractivity contribution in [3.8, 4) is 0 Å². The lowest BCUT2D eigenvalue weighted by Crippen LogP contribution is -2.24. The Morgan fingerprint density at radius 3 is 2.47 bits per heavy atom. The first-order chi connectivity index (χ1) is 9.20. The van der Waals surface area contributed by atoms with Crippen molar-refractivity contribution < 1.29 is 5.11 Å². The van der Waals surface area contributed by atoms with E-state index in [4.69, 9.17) is 23.2 Å². The number of hydrogen-bond donors (Lipinski definition) is 2. The lowest BCUT2D eigenvalue weighted by atomic mass is 10.1. The number of benzene rings is 2. The number of rotatable bonds is 5. The molecule has 19 heavy (non-hydrogen) atoms. The maximum Gasteiger partial charge on any atom is 0.0626 e. The Balaban J connectivity index is 2.06. The first-order valence-electron chi connectivity index (χ1n) is 6.04. The summed E-state index contributed by atoms with van der Waals surface area (Å²) >= 11 is 12.1. The Kier molecular flexibility index (Phi) is 5.23. The fourth-order valence-electron chi connectivity index (χ4n) is 1.89. The summed E-state index contributed by atoms with van der Waals surface area (Å²) in [5.41, 5.74) is 1.96. The minimum absolute atomic E-state index is 0.0300. The summed E-state index contributed by atoms with van der Waals surface area (Å²) in [6.07, 6.45) is 0. The molecular weight excluding hydrogens is 281 g/mol. The molecule has 1 atom stereocenters. The number of aliphatic hydroxyl groups excluding tert-OH is 1. The van der Waals surface area contributed by atoms with Crippen LogP contribution in [0.5, 0.6) is 0 Å². The molecule has 0 aliphatic rings. The second-order valence-electron chi connectivity index (χ2n) is 4.26. The zero-order valence-electron chi connectivity index (χ0n) is 10.3. The van der Waals surface area contributed by atoms with Gasteiger partial charge >= 0.3 is 0 Å². The van der Waals surface area contributed by atoms with E-state index < -0.39 is 0 Å². The van der Waals surface area contributed by atoms with Crippen LogP contribution in [0, 0.1) is 0 Å². The molecule has 0 heterocycles.